The first kappa shape index (κ1) is 20.6. The van der Waals surface area contributed by atoms with Gasteiger partial charge in [-0.05, 0) is 36.4 Å². The van der Waals surface area contributed by atoms with Gasteiger partial charge in [0.2, 0.25) is 0 Å². The summed E-state index contributed by atoms with van der Waals surface area (Å²) >= 11 is 0. The van der Waals surface area contributed by atoms with Crippen molar-refractivity contribution in [1.82, 2.24) is 9.80 Å². The minimum absolute atomic E-state index is 0.0620. The van der Waals surface area contributed by atoms with Crippen molar-refractivity contribution in [3.8, 4) is 0 Å². The lowest BCUT2D eigenvalue weighted by Gasteiger charge is -2.34. The molecule has 0 radical (unpaired) electrons. The third-order valence-electron chi connectivity index (χ3n) is 5.76. The van der Waals surface area contributed by atoms with E-state index in [0.717, 1.165) is 30.6 Å². The summed E-state index contributed by atoms with van der Waals surface area (Å²) in [5, 5.41) is 0. The molecule has 4 rings (SSSR count). The van der Waals surface area contributed by atoms with Gasteiger partial charge in [0.05, 0.1) is 22.4 Å². The Kier molecular flexibility index (Phi) is 5.38. The molecule has 0 atom stereocenters. The number of piperazine rings is 1. The zero-order chi connectivity index (χ0) is 21.5. The Morgan fingerprint density at radius 3 is 1.97 bits per heavy atom. The molecule has 0 bridgehead atoms. The van der Waals surface area contributed by atoms with Crippen molar-refractivity contribution < 1.29 is 22.8 Å². The van der Waals surface area contributed by atoms with Crippen LogP contribution in [0.3, 0.4) is 0 Å². The molecule has 0 unspecified atom stereocenters. The van der Waals surface area contributed by atoms with Crippen molar-refractivity contribution in [3.63, 3.8) is 0 Å². The zero-order valence-electron chi connectivity index (χ0n) is 16.6. The topological polar surface area (TPSA) is 43.9 Å². The lowest BCUT2D eigenvalue weighted by molar-refractivity contribution is -0.138. The molecule has 1 fully saturated rings. The highest BCUT2D eigenvalue weighted by atomic mass is 19.4. The standard InChI is InChI=1S/C22H22F3N3O2/c1-2-26-9-11-27(12-10-26)14-15-7-8-16(13-19(15)22(23,24)25)28-20(29)17-5-3-4-6-18(17)21(28)30/h3-8,13H,2,9-12,14H2,1H3. The van der Waals surface area contributed by atoms with E-state index < -0.39 is 23.6 Å². The first-order valence-corrected chi connectivity index (χ1v) is 9.92. The van der Waals surface area contributed by atoms with Gasteiger partial charge in [0.1, 0.15) is 0 Å². The fraction of sp³-hybridized carbons (Fsp3) is 0.364. The number of fused-ring (bicyclic) bond motifs is 1. The van der Waals surface area contributed by atoms with Crippen LogP contribution in [0.4, 0.5) is 18.9 Å². The predicted molar refractivity (Wildman–Crippen MR) is 106 cm³/mol. The number of hydrogen-bond acceptors (Lipinski definition) is 4. The first-order valence-electron chi connectivity index (χ1n) is 9.92. The number of benzene rings is 2. The molecule has 0 N–H and O–H groups in total. The zero-order valence-corrected chi connectivity index (χ0v) is 16.6. The molecular formula is C22H22F3N3O2. The molecule has 2 aromatic rings. The predicted octanol–water partition coefficient (Wildman–Crippen LogP) is 3.64. The number of nitrogens with zero attached hydrogens (tertiary/aromatic N) is 3. The maximum Gasteiger partial charge on any atom is 0.416 e. The van der Waals surface area contributed by atoms with Crippen molar-refractivity contribution in [3.05, 3.63) is 64.7 Å². The van der Waals surface area contributed by atoms with Crippen LogP contribution in [0.5, 0.6) is 0 Å². The van der Waals surface area contributed by atoms with Crippen LogP contribution >= 0.6 is 0 Å². The fourth-order valence-electron chi connectivity index (χ4n) is 4.03. The average Bonchev–Trinajstić information content (AvgIpc) is 2.99. The van der Waals surface area contributed by atoms with Crippen LogP contribution in [-0.2, 0) is 12.7 Å². The van der Waals surface area contributed by atoms with E-state index >= 15 is 0 Å². The number of imide groups is 1. The number of amides is 2. The Labute approximate surface area is 172 Å². The van der Waals surface area contributed by atoms with E-state index in [4.69, 9.17) is 0 Å². The van der Waals surface area contributed by atoms with Gasteiger partial charge in [0, 0.05) is 32.7 Å². The summed E-state index contributed by atoms with van der Waals surface area (Å²) in [7, 11) is 0. The number of halogens is 3. The monoisotopic (exact) mass is 417 g/mol. The van der Waals surface area contributed by atoms with Crippen molar-refractivity contribution in [2.24, 2.45) is 0 Å². The van der Waals surface area contributed by atoms with Crippen LogP contribution < -0.4 is 4.90 Å². The summed E-state index contributed by atoms with van der Waals surface area (Å²) in [6.45, 7) is 6.22. The van der Waals surface area contributed by atoms with Gasteiger partial charge in [-0.25, -0.2) is 4.90 Å². The molecule has 1 saturated heterocycles. The molecule has 2 aromatic carbocycles. The smallest absolute Gasteiger partial charge is 0.301 e. The number of carbonyl (C=O) groups excluding carboxylic acids is 2. The Balaban J connectivity index is 1.63. The lowest BCUT2D eigenvalue weighted by Crippen LogP contribution is -2.45. The minimum Gasteiger partial charge on any atom is -0.301 e. The van der Waals surface area contributed by atoms with Crippen molar-refractivity contribution in [2.45, 2.75) is 19.6 Å². The molecule has 0 spiro atoms. The molecule has 8 heteroatoms. The van der Waals surface area contributed by atoms with E-state index in [-0.39, 0.29) is 28.9 Å². The van der Waals surface area contributed by atoms with Gasteiger partial charge in [0.25, 0.3) is 11.8 Å². The van der Waals surface area contributed by atoms with E-state index in [1.165, 1.54) is 24.3 Å². The van der Waals surface area contributed by atoms with Gasteiger partial charge in [0.15, 0.2) is 0 Å². The molecule has 0 aromatic heterocycles. The molecule has 0 aliphatic carbocycles. The van der Waals surface area contributed by atoms with Crippen LogP contribution in [0.15, 0.2) is 42.5 Å². The number of hydrogen-bond donors (Lipinski definition) is 0. The summed E-state index contributed by atoms with van der Waals surface area (Å²) in [6, 6.07) is 9.98. The van der Waals surface area contributed by atoms with E-state index in [2.05, 4.69) is 11.8 Å². The molecule has 2 aliphatic heterocycles. The second-order valence-electron chi connectivity index (χ2n) is 7.54. The molecule has 2 heterocycles. The minimum atomic E-state index is -4.59. The Bertz CT molecular complexity index is 947. The molecular weight excluding hydrogens is 395 g/mol. The number of anilines is 1. The Hall–Kier alpha value is -2.71. The van der Waals surface area contributed by atoms with Gasteiger partial charge in [-0.15, -0.1) is 0 Å². The highest BCUT2D eigenvalue weighted by molar-refractivity contribution is 6.34. The SMILES string of the molecule is CCN1CCN(Cc2ccc(N3C(=O)c4ccccc4C3=O)cc2C(F)(F)F)CC1. The number of carbonyl (C=O) groups is 2. The van der Waals surface area contributed by atoms with Gasteiger partial charge >= 0.3 is 6.18 Å². The summed E-state index contributed by atoms with van der Waals surface area (Å²) in [4.78, 5) is 30.4. The van der Waals surface area contributed by atoms with Gasteiger partial charge in [-0.1, -0.05) is 25.1 Å². The molecule has 2 aliphatic rings. The Morgan fingerprint density at radius 2 is 1.43 bits per heavy atom. The van der Waals surface area contributed by atoms with Crippen LogP contribution in [0.2, 0.25) is 0 Å². The highest BCUT2D eigenvalue weighted by Crippen LogP contribution is 2.37. The quantitative estimate of drug-likeness (QED) is 0.713. The molecule has 2 amide bonds. The normalized spacial score (nSPS) is 18.2. The maximum atomic E-state index is 13.8. The Morgan fingerprint density at radius 1 is 0.867 bits per heavy atom. The van der Waals surface area contributed by atoms with E-state index in [1.54, 1.807) is 12.1 Å². The van der Waals surface area contributed by atoms with Crippen molar-refractivity contribution in [1.29, 1.82) is 0 Å². The van der Waals surface area contributed by atoms with Crippen LogP contribution in [-0.4, -0.2) is 54.3 Å². The summed E-state index contributed by atoms with van der Waals surface area (Å²) in [5.74, 6) is -1.21. The second kappa shape index (κ2) is 7.85. The van der Waals surface area contributed by atoms with Gasteiger partial charge in [-0.2, -0.15) is 13.2 Å². The van der Waals surface area contributed by atoms with E-state index in [9.17, 15) is 22.8 Å². The van der Waals surface area contributed by atoms with E-state index in [0.29, 0.717) is 13.1 Å². The summed E-state index contributed by atoms with van der Waals surface area (Å²) in [5.41, 5.74) is -0.321. The lowest BCUT2D eigenvalue weighted by atomic mass is 10.0. The number of alkyl halides is 3. The largest absolute Gasteiger partial charge is 0.416 e. The third-order valence-corrected chi connectivity index (χ3v) is 5.76. The van der Waals surface area contributed by atoms with Gasteiger partial charge < -0.3 is 4.90 Å². The van der Waals surface area contributed by atoms with Crippen LogP contribution in [0.25, 0.3) is 0 Å². The highest BCUT2D eigenvalue weighted by Gasteiger charge is 2.39. The van der Waals surface area contributed by atoms with Crippen molar-refractivity contribution in [2.75, 3.05) is 37.6 Å². The average molecular weight is 417 g/mol. The van der Waals surface area contributed by atoms with Crippen molar-refractivity contribution >= 4 is 17.5 Å². The molecule has 5 nitrogen and oxygen atoms in total. The van der Waals surface area contributed by atoms with Crippen LogP contribution in [0, 0.1) is 0 Å². The fourth-order valence-corrected chi connectivity index (χ4v) is 4.03. The number of likely N-dealkylation sites (N-methyl/N-ethyl adjacent to an activating group) is 1. The van der Waals surface area contributed by atoms with Crippen LogP contribution in [0.1, 0.15) is 38.8 Å². The molecule has 0 saturated carbocycles. The maximum absolute atomic E-state index is 13.8. The summed E-state index contributed by atoms with van der Waals surface area (Å²) in [6.07, 6.45) is -4.59. The van der Waals surface area contributed by atoms with Gasteiger partial charge in [-0.3, -0.25) is 14.5 Å². The second-order valence-corrected chi connectivity index (χ2v) is 7.54. The first-order chi connectivity index (χ1) is 14.3. The number of rotatable bonds is 4. The van der Waals surface area contributed by atoms with E-state index in [1.807, 2.05) is 4.90 Å². The summed E-state index contributed by atoms with van der Waals surface area (Å²) < 4.78 is 41.5. The third kappa shape index (κ3) is 3.73. The molecule has 30 heavy (non-hydrogen) atoms. The molecule has 158 valence electrons.